The van der Waals surface area contributed by atoms with Gasteiger partial charge < -0.3 is 4.55 Å². The van der Waals surface area contributed by atoms with Gasteiger partial charge in [-0.15, -0.1) is 0 Å². The minimum Gasteiger partial charge on any atom is -0.768 e. The van der Waals surface area contributed by atoms with Crippen LogP contribution < -0.4 is 34.3 Å². The minimum absolute atomic E-state index is 0. The zero-order valence-corrected chi connectivity index (χ0v) is 12.6. The average molecular weight is 271 g/mol. The third kappa shape index (κ3) is 3.92. The maximum absolute atomic E-state index is 11.6. The zero-order valence-electron chi connectivity index (χ0n) is 8.97. The molecule has 8 heteroatoms. The Morgan fingerprint density at radius 1 is 1.38 bits per heavy atom. The van der Waals surface area contributed by atoms with E-state index in [0.29, 0.717) is 0 Å². The summed E-state index contributed by atoms with van der Waals surface area (Å²) < 4.78 is 46.9. The van der Waals surface area contributed by atoms with Crippen molar-refractivity contribution in [3.05, 3.63) is 24.3 Å². The maximum atomic E-state index is 11.6. The molecule has 0 fully saturated rings. The molecule has 1 aromatic carbocycles. The Labute approximate surface area is 119 Å². The molecule has 0 radical (unpaired) electrons. The van der Waals surface area contributed by atoms with E-state index in [4.69, 9.17) is 0 Å². The summed E-state index contributed by atoms with van der Waals surface area (Å²) in [5.74, 6) is 0. The molecule has 84 valence electrons. The van der Waals surface area contributed by atoms with E-state index in [1.807, 2.05) is 0 Å². The van der Waals surface area contributed by atoms with Gasteiger partial charge in [0.15, 0.2) is 0 Å². The second-order valence-corrected chi connectivity index (χ2v) is 5.33. The first-order valence-electron chi connectivity index (χ1n) is 4.17. The molecule has 0 aliphatic heterocycles. The van der Waals surface area contributed by atoms with E-state index in [-0.39, 0.29) is 45.9 Å². The number of hydrogen-bond acceptors (Lipinski definition) is 4. The van der Waals surface area contributed by atoms with E-state index < -0.39 is 21.1 Å². The molecule has 1 unspecified atom stereocenters. The molecule has 1 N–H and O–H groups in total. The molecule has 0 heterocycles. The van der Waals surface area contributed by atoms with Gasteiger partial charge in [0.25, 0.3) is 0 Å². The van der Waals surface area contributed by atoms with E-state index in [1.54, 1.807) is 6.92 Å². The Balaban J connectivity index is 0.00000225. The molecule has 0 amide bonds. The first-order valence-corrected chi connectivity index (χ1v) is 6.73. The molecule has 0 bridgehead atoms. The smallest absolute Gasteiger partial charge is 0.768 e. The molecule has 1 atom stereocenters. The maximum Gasteiger partial charge on any atom is 1.00 e. The van der Waals surface area contributed by atoms with Gasteiger partial charge in [-0.3, -0.25) is 4.21 Å². The third-order valence-electron chi connectivity index (χ3n) is 1.65. The Morgan fingerprint density at radius 2 is 1.94 bits per heavy atom. The van der Waals surface area contributed by atoms with Crippen LogP contribution in [-0.2, 0) is 21.1 Å². The quantitative estimate of drug-likeness (QED) is 0.474. The molecular formula is C8H10NNaO4S2. The predicted molar refractivity (Wildman–Crippen MR) is 54.5 cm³/mol. The average Bonchev–Trinajstić information content (AvgIpc) is 2.17. The Hall–Kier alpha value is 0.240. The molecule has 5 nitrogen and oxygen atoms in total. The van der Waals surface area contributed by atoms with Gasteiger partial charge in [-0.25, -0.2) is 13.1 Å². The molecule has 0 spiro atoms. The summed E-state index contributed by atoms with van der Waals surface area (Å²) in [6.45, 7) is 1.83. The van der Waals surface area contributed by atoms with Gasteiger partial charge in [0.05, 0.1) is 4.90 Å². The van der Waals surface area contributed by atoms with Crippen LogP contribution in [0, 0.1) is 0 Å². The summed E-state index contributed by atoms with van der Waals surface area (Å²) in [5, 5.41) is 0. The van der Waals surface area contributed by atoms with Crippen LogP contribution in [0.1, 0.15) is 6.92 Å². The standard InChI is InChI=1S/C8H11NO4S2.Na/c1-2-9-15(12,13)8-6-4-3-5-7(8)14(10)11;/h3-6,9H,2H2,1H3,(H,10,11);/q;+1/p-1. The molecule has 0 saturated heterocycles. The van der Waals surface area contributed by atoms with Gasteiger partial charge in [0.1, 0.15) is 0 Å². The van der Waals surface area contributed by atoms with Crippen LogP contribution in [0.15, 0.2) is 34.1 Å². The van der Waals surface area contributed by atoms with Gasteiger partial charge >= 0.3 is 29.6 Å². The van der Waals surface area contributed by atoms with E-state index in [1.165, 1.54) is 24.3 Å². The van der Waals surface area contributed by atoms with Gasteiger partial charge in [-0.2, -0.15) is 0 Å². The van der Waals surface area contributed by atoms with Crippen LogP contribution >= 0.6 is 0 Å². The topological polar surface area (TPSA) is 86.3 Å². The van der Waals surface area contributed by atoms with Crippen LogP contribution in [-0.4, -0.2) is 23.7 Å². The molecule has 0 aliphatic rings. The zero-order chi connectivity index (χ0) is 11.5. The predicted octanol–water partition coefficient (Wildman–Crippen LogP) is -2.77. The summed E-state index contributed by atoms with van der Waals surface area (Å²) in [5.41, 5.74) is 0. The fraction of sp³-hybridized carbons (Fsp3) is 0.250. The van der Waals surface area contributed by atoms with Crippen molar-refractivity contribution in [3.63, 3.8) is 0 Å². The first-order chi connectivity index (χ1) is 6.99. The van der Waals surface area contributed by atoms with Gasteiger partial charge in [0, 0.05) is 11.4 Å². The fourth-order valence-corrected chi connectivity index (χ4v) is 3.16. The summed E-state index contributed by atoms with van der Waals surface area (Å²) >= 11 is -2.56. The van der Waals surface area contributed by atoms with Crippen molar-refractivity contribution >= 4 is 21.1 Å². The second kappa shape index (κ2) is 6.85. The number of benzene rings is 1. The first kappa shape index (κ1) is 16.2. The largest absolute Gasteiger partial charge is 1.00 e. The fourth-order valence-electron chi connectivity index (χ4n) is 1.08. The number of nitrogens with one attached hydrogen (secondary N) is 1. The monoisotopic (exact) mass is 271 g/mol. The van der Waals surface area contributed by atoms with Crippen molar-refractivity contribution in [2.75, 3.05) is 6.54 Å². The van der Waals surface area contributed by atoms with Crippen LogP contribution in [0.2, 0.25) is 0 Å². The van der Waals surface area contributed by atoms with Crippen molar-refractivity contribution in [2.24, 2.45) is 0 Å². The molecule has 16 heavy (non-hydrogen) atoms. The summed E-state index contributed by atoms with van der Waals surface area (Å²) in [7, 11) is -3.73. The van der Waals surface area contributed by atoms with Gasteiger partial charge in [0.2, 0.25) is 10.0 Å². The van der Waals surface area contributed by atoms with Gasteiger partial charge in [-0.05, 0) is 23.2 Å². The summed E-state index contributed by atoms with van der Waals surface area (Å²) in [6, 6.07) is 5.44. The van der Waals surface area contributed by atoms with E-state index >= 15 is 0 Å². The van der Waals surface area contributed by atoms with Crippen molar-refractivity contribution in [2.45, 2.75) is 16.7 Å². The summed E-state index contributed by atoms with van der Waals surface area (Å²) in [4.78, 5) is -0.446. The normalized spacial score (nSPS) is 12.9. The van der Waals surface area contributed by atoms with E-state index in [9.17, 15) is 17.2 Å². The van der Waals surface area contributed by atoms with Crippen LogP contribution in [0.25, 0.3) is 0 Å². The molecular weight excluding hydrogens is 261 g/mol. The van der Waals surface area contributed by atoms with Crippen LogP contribution in [0.4, 0.5) is 0 Å². The Bertz CT molecular complexity index is 475. The van der Waals surface area contributed by atoms with Crippen molar-refractivity contribution in [1.82, 2.24) is 4.72 Å². The minimum atomic E-state index is -3.73. The third-order valence-corrected chi connectivity index (χ3v) is 4.10. The Kier molecular flexibility index (Phi) is 6.95. The molecule has 1 aromatic rings. The van der Waals surface area contributed by atoms with Crippen molar-refractivity contribution < 1.29 is 46.7 Å². The molecule has 0 aromatic heterocycles. The molecule has 1 rings (SSSR count). The number of hydrogen-bond donors (Lipinski definition) is 1. The van der Waals surface area contributed by atoms with E-state index in [0.717, 1.165) is 0 Å². The van der Waals surface area contributed by atoms with Crippen molar-refractivity contribution in [1.29, 1.82) is 0 Å². The van der Waals surface area contributed by atoms with E-state index in [2.05, 4.69) is 4.72 Å². The van der Waals surface area contributed by atoms with Crippen molar-refractivity contribution in [3.8, 4) is 0 Å². The Morgan fingerprint density at radius 3 is 2.44 bits per heavy atom. The van der Waals surface area contributed by atoms with Crippen LogP contribution in [0.3, 0.4) is 0 Å². The number of rotatable bonds is 4. The molecule has 0 aliphatic carbocycles. The SMILES string of the molecule is CCNS(=O)(=O)c1ccccc1S(=O)[O-].[Na+]. The summed E-state index contributed by atoms with van der Waals surface area (Å²) in [6.07, 6.45) is 0. The van der Waals surface area contributed by atoms with Gasteiger partial charge in [-0.1, -0.05) is 19.1 Å². The molecule has 0 saturated carbocycles. The second-order valence-electron chi connectivity index (χ2n) is 2.68. The van der Waals surface area contributed by atoms with Crippen LogP contribution in [0.5, 0.6) is 0 Å². The number of sulfonamides is 1.